The first-order valence-electron chi connectivity index (χ1n) is 6.86. The van der Waals surface area contributed by atoms with Gasteiger partial charge in [0.1, 0.15) is 0 Å². The standard InChI is InChI=1S/C14H18F3N3O/c15-14(16,17)11-5-3-4-10(12(11)18)13(21)19-6-9-20-7-1-2-8-20/h3-5H,1-2,6-9,18H2,(H,19,21). The average Bonchev–Trinajstić information content (AvgIpc) is 2.90. The highest BCUT2D eigenvalue weighted by Crippen LogP contribution is 2.34. The van der Waals surface area contributed by atoms with E-state index in [1.165, 1.54) is 12.1 Å². The molecule has 0 spiro atoms. The van der Waals surface area contributed by atoms with E-state index in [9.17, 15) is 18.0 Å². The van der Waals surface area contributed by atoms with Gasteiger partial charge in [-0.2, -0.15) is 13.2 Å². The van der Waals surface area contributed by atoms with Crippen molar-refractivity contribution in [3.8, 4) is 0 Å². The van der Waals surface area contributed by atoms with E-state index in [4.69, 9.17) is 5.73 Å². The molecule has 1 fully saturated rings. The second-order valence-electron chi connectivity index (χ2n) is 5.07. The summed E-state index contributed by atoms with van der Waals surface area (Å²) in [4.78, 5) is 14.1. The maximum absolute atomic E-state index is 12.7. The second kappa shape index (κ2) is 6.34. The number of benzene rings is 1. The van der Waals surface area contributed by atoms with Crippen LogP contribution in [0.2, 0.25) is 0 Å². The van der Waals surface area contributed by atoms with E-state index in [0.29, 0.717) is 13.1 Å². The highest BCUT2D eigenvalue weighted by Gasteiger charge is 2.34. The SMILES string of the molecule is Nc1c(C(=O)NCCN2CCCC2)cccc1C(F)(F)F. The molecular formula is C14H18F3N3O. The number of nitrogens with one attached hydrogen (secondary N) is 1. The molecule has 116 valence electrons. The normalized spacial score (nSPS) is 16.1. The van der Waals surface area contributed by atoms with E-state index in [-0.39, 0.29) is 5.56 Å². The molecule has 1 aromatic rings. The number of nitrogens with two attached hydrogens (primary N) is 1. The lowest BCUT2D eigenvalue weighted by Gasteiger charge is -2.16. The summed E-state index contributed by atoms with van der Waals surface area (Å²) < 4.78 is 38.2. The number of para-hydroxylation sites is 1. The van der Waals surface area contributed by atoms with Gasteiger partial charge < -0.3 is 16.0 Å². The number of halogens is 3. The number of rotatable bonds is 4. The first kappa shape index (κ1) is 15.6. The third-order valence-corrected chi connectivity index (χ3v) is 3.57. The molecule has 1 aliphatic rings. The highest BCUT2D eigenvalue weighted by atomic mass is 19.4. The molecule has 0 bridgehead atoms. The minimum atomic E-state index is -4.56. The minimum absolute atomic E-state index is 0.133. The Morgan fingerprint density at radius 1 is 1.29 bits per heavy atom. The summed E-state index contributed by atoms with van der Waals surface area (Å²) in [6, 6.07) is 3.36. The van der Waals surface area contributed by atoms with Crippen LogP contribution in [0.3, 0.4) is 0 Å². The Kier molecular flexibility index (Phi) is 4.72. The molecular weight excluding hydrogens is 283 g/mol. The summed E-state index contributed by atoms with van der Waals surface area (Å²) in [7, 11) is 0. The molecule has 21 heavy (non-hydrogen) atoms. The van der Waals surface area contributed by atoms with Crippen LogP contribution < -0.4 is 11.1 Å². The summed E-state index contributed by atoms with van der Waals surface area (Å²) in [6.45, 7) is 3.10. The Bertz CT molecular complexity index is 511. The first-order chi connectivity index (χ1) is 9.89. The number of hydrogen-bond donors (Lipinski definition) is 2. The number of alkyl halides is 3. The topological polar surface area (TPSA) is 58.4 Å². The number of carbonyl (C=O) groups excluding carboxylic acids is 1. The van der Waals surface area contributed by atoms with Gasteiger partial charge in [-0.15, -0.1) is 0 Å². The smallest absolute Gasteiger partial charge is 0.398 e. The maximum atomic E-state index is 12.7. The fourth-order valence-corrected chi connectivity index (χ4v) is 2.44. The molecule has 1 heterocycles. The lowest BCUT2D eigenvalue weighted by Crippen LogP contribution is -2.34. The van der Waals surface area contributed by atoms with Crippen LogP contribution in [0.5, 0.6) is 0 Å². The minimum Gasteiger partial charge on any atom is -0.398 e. The zero-order chi connectivity index (χ0) is 15.5. The monoisotopic (exact) mass is 301 g/mol. The molecule has 1 saturated heterocycles. The Morgan fingerprint density at radius 3 is 2.57 bits per heavy atom. The fraction of sp³-hybridized carbons (Fsp3) is 0.500. The molecule has 0 radical (unpaired) electrons. The van der Waals surface area contributed by atoms with Gasteiger partial charge in [0.25, 0.3) is 5.91 Å². The summed E-state index contributed by atoms with van der Waals surface area (Å²) in [6.07, 6.45) is -2.26. The summed E-state index contributed by atoms with van der Waals surface area (Å²) in [5.41, 5.74) is 3.84. The van der Waals surface area contributed by atoms with E-state index in [2.05, 4.69) is 10.2 Å². The molecule has 0 saturated carbocycles. The Balaban J connectivity index is 1.98. The van der Waals surface area contributed by atoms with Crippen molar-refractivity contribution >= 4 is 11.6 Å². The van der Waals surface area contributed by atoms with E-state index >= 15 is 0 Å². The molecule has 0 atom stereocenters. The molecule has 2 rings (SSSR count). The van der Waals surface area contributed by atoms with Crippen LogP contribution in [0.4, 0.5) is 18.9 Å². The van der Waals surface area contributed by atoms with Crippen LogP contribution >= 0.6 is 0 Å². The van der Waals surface area contributed by atoms with Gasteiger partial charge in [-0.3, -0.25) is 4.79 Å². The summed E-state index contributed by atoms with van der Waals surface area (Å²) in [5, 5.41) is 2.62. The Hall–Kier alpha value is -1.76. The lowest BCUT2D eigenvalue weighted by molar-refractivity contribution is -0.136. The lowest BCUT2D eigenvalue weighted by atomic mass is 10.1. The average molecular weight is 301 g/mol. The molecule has 1 amide bonds. The molecule has 0 aromatic heterocycles. The van der Waals surface area contributed by atoms with Gasteiger partial charge >= 0.3 is 6.18 Å². The molecule has 4 nitrogen and oxygen atoms in total. The van der Waals surface area contributed by atoms with Gasteiger partial charge in [-0.05, 0) is 38.1 Å². The second-order valence-corrected chi connectivity index (χ2v) is 5.07. The van der Waals surface area contributed by atoms with Crippen molar-refractivity contribution < 1.29 is 18.0 Å². The van der Waals surface area contributed by atoms with Crippen LogP contribution in [0.25, 0.3) is 0 Å². The van der Waals surface area contributed by atoms with Gasteiger partial charge in [0.15, 0.2) is 0 Å². The molecule has 1 aromatic carbocycles. The van der Waals surface area contributed by atoms with E-state index in [0.717, 1.165) is 32.0 Å². The van der Waals surface area contributed by atoms with Crippen molar-refractivity contribution in [3.63, 3.8) is 0 Å². The van der Waals surface area contributed by atoms with Gasteiger partial charge in [-0.25, -0.2) is 0 Å². The number of hydrogen-bond acceptors (Lipinski definition) is 3. The van der Waals surface area contributed by atoms with Gasteiger partial charge in [0.05, 0.1) is 16.8 Å². The van der Waals surface area contributed by atoms with Crippen LogP contribution in [0, 0.1) is 0 Å². The molecule has 0 aliphatic carbocycles. The largest absolute Gasteiger partial charge is 0.418 e. The van der Waals surface area contributed by atoms with Crippen molar-refractivity contribution in [2.75, 3.05) is 31.9 Å². The molecule has 3 N–H and O–H groups in total. The number of amides is 1. The van der Waals surface area contributed by atoms with Gasteiger partial charge in [0.2, 0.25) is 0 Å². The number of nitrogens with zero attached hydrogens (tertiary/aromatic N) is 1. The third kappa shape index (κ3) is 3.87. The maximum Gasteiger partial charge on any atom is 0.418 e. The van der Waals surface area contributed by atoms with Gasteiger partial charge in [0, 0.05) is 13.1 Å². The molecule has 0 unspecified atom stereocenters. The van der Waals surface area contributed by atoms with Crippen molar-refractivity contribution in [3.05, 3.63) is 29.3 Å². The van der Waals surface area contributed by atoms with E-state index < -0.39 is 23.3 Å². The predicted molar refractivity (Wildman–Crippen MR) is 73.9 cm³/mol. The van der Waals surface area contributed by atoms with Crippen LogP contribution in [-0.4, -0.2) is 37.0 Å². The predicted octanol–water partition coefficient (Wildman–Crippen LogP) is 2.11. The number of nitrogen functional groups attached to an aromatic ring is 1. The van der Waals surface area contributed by atoms with Crippen molar-refractivity contribution in [2.45, 2.75) is 19.0 Å². The number of likely N-dealkylation sites (tertiary alicyclic amines) is 1. The number of anilines is 1. The zero-order valence-corrected chi connectivity index (χ0v) is 11.5. The molecule has 1 aliphatic heterocycles. The zero-order valence-electron chi connectivity index (χ0n) is 11.5. The van der Waals surface area contributed by atoms with Crippen LogP contribution in [0.15, 0.2) is 18.2 Å². The first-order valence-corrected chi connectivity index (χ1v) is 6.86. The quantitative estimate of drug-likeness (QED) is 0.838. The van der Waals surface area contributed by atoms with Crippen molar-refractivity contribution in [2.24, 2.45) is 0 Å². The van der Waals surface area contributed by atoms with E-state index in [1.807, 2.05) is 0 Å². The van der Waals surface area contributed by atoms with Crippen LogP contribution in [0.1, 0.15) is 28.8 Å². The van der Waals surface area contributed by atoms with Gasteiger partial charge in [-0.1, -0.05) is 6.07 Å². The summed E-state index contributed by atoms with van der Waals surface area (Å²) >= 11 is 0. The van der Waals surface area contributed by atoms with Crippen molar-refractivity contribution in [1.82, 2.24) is 10.2 Å². The fourth-order valence-electron chi connectivity index (χ4n) is 2.44. The van der Waals surface area contributed by atoms with E-state index in [1.54, 1.807) is 0 Å². The summed E-state index contributed by atoms with van der Waals surface area (Å²) in [5.74, 6) is -0.571. The highest BCUT2D eigenvalue weighted by molar-refractivity contribution is 5.99. The number of carbonyl (C=O) groups is 1. The Morgan fingerprint density at radius 2 is 1.95 bits per heavy atom. The Labute approximate surface area is 121 Å². The molecule has 7 heteroatoms. The van der Waals surface area contributed by atoms with Crippen molar-refractivity contribution in [1.29, 1.82) is 0 Å². The third-order valence-electron chi connectivity index (χ3n) is 3.57. The van der Waals surface area contributed by atoms with Crippen LogP contribution in [-0.2, 0) is 6.18 Å².